The molecule has 1 aliphatic rings. The minimum atomic E-state index is -0.771. The van der Waals surface area contributed by atoms with Crippen LogP contribution in [0.2, 0.25) is 0 Å². The molecule has 2 heterocycles. The number of carboxylic acid groups (broad SMARTS) is 1. The Bertz CT molecular complexity index is 604. The van der Waals surface area contributed by atoms with Crippen LogP contribution in [0.1, 0.15) is 28.6 Å². The van der Waals surface area contributed by atoms with Gasteiger partial charge in [0.25, 0.3) is 0 Å². The van der Waals surface area contributed by atoms with Crippen LogP contribution in [0.5, 0.6) is 0 Å². The monoisotopic (exact) mass is 260 g/mol. The van der Waals surface area contributed by atoms with Gasteiger partial charge in [0.2, 0.25) is 0 Å². The maximum absolute atomic E-state index is 11.1. The van der Waals surface area contributed by atoms with Crippen molar-refractivity contribution in [3.8, 4) is 10.6 Å². The number of nitrogens with zero attached hydrogens (tertiary/aromatic N) is 2. The summed E-state index contributed by atoms with van der Waals surface area (Å²) in [4.78, 5) is 21.0. The normalized spacial score (nSPS) is 17.7. The maximum atomic E-state index is 11.1. The fourth-order valence-corrected chi connectivity index (χ4v) is 3.31. The SMILES string of the molecule is Cc1ccc(-c2nc3c(s2)CCC3C(=O)O)cn1. The molecule has 0 amide bonds. The predicted molar refractivity (Wildman–Crippen MR) is 68.8 cm³/mol. The lowest BCUT2D eigenvalue weighted by molar-refractivity contribution is -0.138. The quantitative estimate of drug-likeness (QED) is 0.901. The highest BCUT2D eigenvalue weighted by atomic mass is 32.1. The van der Waals surface area contributed by atoms with Crippen LogP contribution in [-0.2, 0) is 11.2 Å². The van der Waals surface area contributed by atoms with Gasteiger partial charge in [0, 0.05) is 22.3 Å². The molecule has 1 unspecified atom stereocenters. The minimum absolute atomic E-state index is 0.427. The summed E-state index contributed by atoms with van der Waals surface area (Å²) in [5.41, 5.74) is 2.68. The largest absolute Gasteiger partial charge is 0.481 e. The van der Waals surface area contributed by atoms with Gasteiger partial charge in [0.1, 0.15) is 10.9 Å². The molecule has 18 heavy (non-hydrogen) atoms. The van der Waals surface area contributed by atoms with Crippen molar-refractivity contribution < 1.29 is 9.90 Å². The number of pyridine rings is 1. The van der Waals surface area contributed by atoms with Gasteiger partial charge >= 0.3 is 5.97 Å². The van der Waals surface area contributed by atoms with Crippen LogP contribution >= 0.6 is 11.3 Å². The van der Waals surface area contributed by atoms with Crippen molar-refractivity contribution >= 4 is 17.3 Å². The summed E-state index contributed by atoms with van der Waals surface area (Å²) < 4.78 is 0. The van der Waals surface area contributed by atoms with Crippen LogP contribution in [0, 0.1) is 6.92 Å². The zero-order chi connectivity index (χ0) is 12.7. The zero-order valence-corrected chi connectivity index (χ0v) is 10.7. The molecule has 0 fully saturated rings. The Labute approximate surface area is 108 Å². The number of aromatic nitrogens is 2. The molecule has 0 radical (unpaired) electrons. The topological polar surface area (TPSA) is 63.1 Å². The Morgan fingerprint density at radius 3 is 3.00 bits per heavy atom. The molecule has 5 heteroatoms. The minimum Gasteiger partial charge on any atom is -0.481 e. The highest BCUT2D eigenvalue weighted by Gasteiger charge is 2.32. The standard InChI is InChI=1S/C13H12N2O2S/c1-7-2-3-8(6-14-7)12-15-11-9(13(16)17)4-5-10(11)18-12/h2-3,6,9H,4-5H2,1H3,(H,16,17). The first-order chi connectivity index (χ1) is 8.65. The van der Waals surface area contributed by atoms with E-state index in [0.29, 0.717) is 6.42 Å². The first kappa shape index (κ1) is 11.3. The van der Waals surface area contributed by atoms with Gasteiger partial charge in [0.05, 0.1) is 5.69 Å². The number of aryl methyl sites for hydroxylation is 2. The van der Waals surface area contributed by atoms with E-state index < -0.39 is 11.9 Å². The van der Waals surface area contributed by atoms with Crippen LogP contribution in [0.15, 0.2) is 18.3 Å². The number of carboxylic acids is 1. The number of fused-ring (bicyclic) bond motifs is 1. The molecule has 0 spiro atoms. The highest BCUT2D eigenvalue weighted by Crippen LogP contribution is 2.39. The zero-order valence-electron chi connectivity index (χ0n) is 9.88. The highest BCUT2D eigenvalue weighted by molar-refractivity contribution is 7.15. The molecule has 0 saturated heterocycles. The van der Waals surface area contributed by atoms with Crippen molar-refractivity contribution in [2.24, 2.45) is 0 Å². The molecule has 1 aliphatic carbocycles. The molecule has 0 aliphatic heterocycles. The molecule has 3 rings (SSSR count). The van der Waals surface area contributed by atoms with Gasteiger partial charge in [-0.3, -0.25) is 9.78 Å². The van der Waals surface area contributed by atoms with Crippen molar-refractivity contribution in [2.75, 3.05) is 0 Å². The third kappa shape index (κ3) is 1.80. The van der Waals surface area contributed by atoms with Gasteiger partial charge in [-0.15, -0.1) is 11.3 Å². The maximum Gasteiger partial charge on any atom is 0.312 e. The Morgan fingerprint density at radius 1 is 1.50 bits per heavy atom. The Balaban J connectivity index is 1.99. The molecule has 1 N–H and O–H groups in total. The Hall–Kier alpha value is -1.75. The van der Waals surface area contributed by atoms with Crippen molar-refractivity contribution in [3.63, 3.8) is 0 Å². The fourth-order valence-electron chi connectivity index (χ4n) is 2.19. The van der Waals surface area contributed by atoms with E-state index >= 15 is 0 Å². The molecule has 92 valence electrons. The molecular weight excluding hydrogens is 248 g/mol. The van der Waals surface area contributed by atoms with Crippen LogP contribution < -0.4 is 0 Å². The van der Waals surface area contributed by atoms with Gasteiger partial charge in [0.15, 0.2) is 0 Å². The van der Waals surface area contributed by atoms with E-state index in [1.54, 1.807) is 17.5 Å². The van der Waals surface area contributed by atoms with E-state index in [1.165, 1.54) is 0 Å². The third-order valence-electron chi connectivity index (χ3n) is 3.17. The summed E-state index contributed by atoms with van der Waals surface area (Å²) in [6.07, 6.45) is 3.29. The number of carbonyl (C=O) groups is 1. The van der Waals surface area contributed by atoms with E-state index in [0.717, 1.165) is 33.3 Å². The lowest BCUT2D eigenvalue weighted by Crippen LogP contribution is -2.08. The van der Waals surface area contributed by atoms with Gasteiger partial charge < -0.3 is 5.11 Å². The van der Waals surface area contributed by atoms with Crippen LogP contribution in [0.4, 0.5) is 0 Å². The van der Waals surface area contributed by atoms with E-state index in [9.17, 15) is 4.79 Å². The molecule has 0 aromatic carbocycles. The number of aliphatic carboxylic acids is 1. The van der Waals surface area contributed by atoms with Crippen molar-refractivity contribution in [3.05, 3.63) is 34.6 Å². The molecule has 1 atom stereocenters. The van der Waals surface area contributed by atoms with E-state index in [1.807, 2.05) is 19.1 Å². The van der Waals surface area contributed by atoms with Crippen molar-refractivity contribution in [1.82, 2.24) is 9.97 Å². The lowest BCUT2D eigenvalue weighted by atomic mass is 10.1. The van der Waals surface area contributed by atoms with Crippen LogP contribution in [0.3, 0.4) is 0 Å². The van der Waals surface area contributed by atoms with Gasteiger partial charge in [-0.1, -0.05) is 0 Å². The predicted octanol–water partition coefficient (Wildman–Crippen LogP) is 2.63. The van der Waals surface area contributed by atoms with E-state index in [-0.39, 0.29) is 0 Å². The summed E-state index contributed by atoms with van der Waals surface area (Å²) in [5.74, 6) is -1.20. The second-order valence-electron chi connectivity index (χ2n) is 4.45. The Morgan fingerprint density at radius 2 is 2.33 bits per heavy atom. The van der Waals surface area contributed by atoms with Gasteiger partial charge in [-0.05, 0) is 31.9 Å². The fraction of sp³-hybridized carbons (Fsp3) is 0.308. The summed E-state index contributed by atoms with van der Waals surface area (Å²) in [5, 5.41) is 10.0. The number of hydrogen-bond acceptors (Lipinski definition) is 4. The first-order valence-electron chi connectivity index (χ1n) is 5.80. The average molecular weight is 260 g/mol. The number of hydrogen-bond donors (Lipinski definition) is 1. The summed E-state index contributed by atoms with van der Waals surface area (Å²) in [6, 6.07) is 3.92. The van der Waals surface area contributed by atoms with Crippen LogP contribution in [0.25, 0.3) is 10.6 Å². The molecular formula is C13H12N2O2S. The van der Waals surface area contributed by atoms with Crippen molar-refractivity contribution in [1.29, 1.82) is 0 Å². The lowest BCUT2D eigenvalue weighted by Gasteiger charge is -2.01. The van der Waals surface area contributed by atoms with Gasteiger partial charge in [-0.25, -0.2) is 4.98 Å². The summed E-state index contributed by atoms with van der Waals surface area (Å²) >= 11 is 1.59. The average Bonchev–Trinajstić information content (AvgIpc) is 2.88. The molecule has 0 bridgehead atoms. The van der Waals surface area contributed by atoms with E-state index in [4.69, 9.17) is 5.11 Å². The van der Waals surface area contributed by atoms with Gasteiger partial charge in [-0.2, -0.15) is 0 Å². The van der Waals surface area contributed by atoms with Crippen molar-refractivity contribution in [2.45, 2.75) is 25.7 Å². The molecule has 4 nitrogen and oxygen atoms in total. The number of thiazole rings is 1. The number of rotatable bonds is 2. The first-order valence-corrected chi connectivity index (χ1v) is 6.62. The third-order valence-corrected chi connectivity index (χ3v) is 4.35. The second-order valence-corrected chi connectivity index (χ2v) is 5.53. The summed E-state index contributed by atoms with van der Waals surface area (Å²) in [6.45, 7) is 1.94. The Kier molecular flexibility index (Phi) is 2.63. The van der Waals surface area contributed by atoms with E-state index in [2.05, 4.69) is 9.97 Å². The molecule has 2 aromatic rings. The second kappa shape index (κ2) is 4.17. The molecule has 0 saturated carbocycles. The molecule has 2 aromatic heterocycles. The smallest absolute Gasteiger partial charge is 0.312 e. The summed E-state index contributed by atoms with van der Waals surface area (Å²) in [7, 11) is 0. The van der Waals surface area contributed by atoms with Crippen LogP contribution in [-0.4, -0.2) is 21.0 Å².